The number of imide groups is 1. The van der Waals surface area contributed by atoms with Crippen LogP contribution in [0.3, 0.4) is 0 Å². The molecular formula is C26H26ClFN4O5. The first-order valence-electron chi connectivity index (χ1n) is 12.1. The molecule has 2 heterocycles. The first kappa shape index (κ1) is 25.0. The number of ether oxygens (including phenoxy) is 1. The largest absolute Gasteiger partial charge is 0.427 e. The molecule has 1 spiro atoms. The van der Waals surface area contributed by atoms with Gasteiger partial charge in [-0.3, -0.25) is 9.59 Å². The number of hydrogen-bond donors (Lipinski definition) is 2. The van der Waals surface area contributed by atoms with Gasteiger partial charge >= 0.3 is 12.1 Å². The Morgan fingerprint density at radius 3 is 2.70 bits per heavy atom. The van der Waals surface area contributed by atoms with Crippen molar-refractivity contribution in [2.24, 2.45) is 0 Å². The van der Waals surface area contributed by atoms with Crippen molar-refractivity contribution in [3.63, 3.8) is 0 Å². The minimum absolute atomic E-state index is 0.0294. The van der Waals surface area contributed by atoms with Crippen LogP contribution in [0, 0.1) is 5.82 Å². The Morgan fingerprint density at radius 1 is 1.19 bits per heavy atom. The van der Waals surface area contributed by atoms with Crippen molar-refractivity contribution in [3.8, 4) is 0 Å². The number of urea groups is 1. The van der Waals surface area contributed by atoms with E-state index in [1.54, 1.807) is 29.2 Å². The molecule has 0 unspecified atom stereocenters. The van der Waals surface area contributed by atoms with Gasteiger partial charge in [-0.1, -0.05) is 23.7 Å². The average molecular weight is 529 g/mol. The average Bonchev–Trinajstić information content (AvgIpc) is 3.51. The number of rotatable bonds is 4. The summed E-state index contributed by atoms with van der Waals surface area (Å²) in [5.74, 6) is -1.52. The Balaban J connectivity index is 1.36. The lowest BCUT2D eigenvalue weighted by atomic mass is 9.94. The zero-order valence-electron chi connectivity index (χ0n) is 20.3. The van der Waals surface area contributed by atoms with Crippen molar-refractivity contribution in [2.45, 2.75) is 50.3 Å². The molecule has 0 aromatic heterocycles. The monoisotopic (exact) mass is 528 g/mol. The lowest BCUT2D eigenvalue weighted by Gasteiger charge is -2.30. The minimum atomic E-state index is -1.49. The third-order valence-corrected chi connectivity index (χ3v) is 7.71. The summed E-state index contributed by atoms with van der Waals surface area (Å²) >= 11 is 5.97. The van der Waals surface area contributed by atoms with E-state index in [1.165, 1.54) is 19.2 Å². The number of likely N-dealkylation sites (tertiary alicyclic amines) is 1. The number of amides is 5. The van der Waals surface area contributed by atoms with Crippen LogP contribution in [0.15, 0.2) is 36.4 Å². The van der Waals surface area contributed by atoms with Gasteiger partial charge in [-0.25, -0.2) is 18.9 Å². The number of nitrogens with one attached hydrogen (secondary N) is 2. The second kappa shape index (κ2) is 9.33. The van der Waals surface area contributed by atoms with Crippen molar-refractivity contribution in [1.82, 2.24) is 15.1 Å². The number of fused-ring (bicyclic) bond motifs is 2. The fraction of sp³-hybridized carbons (Fsp3) is 0.385. The van der Waals surface area contributed by atoms with Gasteiger partial charge in [0.25, 0.3) is 5.91 Å². The topological polar surface area (TPSA) is 108 Å². The smallest absolute Gasteiger partial charge is 0.418 e. The van der Waals surface area contributed by atoms with Crippen molar-refractivity contribution in [1.29, 1.82) is 0 Å². The van der Waals surface area contributed by atoms with Gasteiger partial charge < -0.3 is 20.3 Å². The SMILES string of the molecule is CNC(=O)Nc1ccc2c(c1)CC[C@@]21OC(=O)N(CC(=O)N2[C@@H](C)CC[C@H]2c2ccc(F)c(Cl)c2)C1=O. The van der Waals surface area contributed by atoms with Gasteiger partial charge in [0, 0.05) is 30.8 Å². The molecule has 2 aromatic carbocycles. The standard InChI is InChI=1S/C26H26ClFN4O5/c1-14-3-8-21(16-4-7-20(28)19(27)12-16)32(14)22(33)13-31-23(34)26(37-25(31)36)10-9-15-11-17(5-6-18(15)26)30-24(35)29-2/h4-7,11-12,14,21H,3,8-10,13H2,1-2H3,(H2,29,30,35)/t14-,21-,26+/m0/s1. The molecule has 0 bridgehead atoms. The van der Waals surface area contributed by atoms with E-state index in [1.807, 2.05) is 6.92 Å². The zero-order valence-corrected chi connectivity index (χ0v) is 21.1. The summed E-state index contributed by atoms with van der Waals surface area (Å²) in [4.78, 5) is 54.0. The van der Waals surface area contributed by atoms with Gasteiger partial charge in [0.1, 0.15) is 12.4 Å². The summed E-state index contributed by atoms with van der Waals surface area (Å²) in [7, 11) is 1.50. The fourth-order valence-corrected chi connectivity index (χ4v) is 5.78. The molecule has 0 saturated carbocycles. The lowest BCUT2D eigenvalue weighted by Crippen LogP contribution is -2.46. The van der Waals surface area contributed by atoms with E-state index in [0.717, 1.165) is 10.5 Å². The molecule has 0 radical (unpaired) electrons. The Hall–Kier alpha value is -3.66. The number of anilines is 1. The van der Waals surface area contributed by atoms with E-state index in [2.05, 4.69) is 10.6 Å². The van der Waals surface area contributed by atoms with Gasteiger partial charge in [0.15, 0.2) is 0 Å². The molecule has 2 fully saturated rings. The molecule has 2 N–H and O–H groups in total. The first-order valence-corrected chi connectivity index (χ1v) is 12.5. The normalized spacial score (nSPS) is 24.4. The van der Waals surface area contributed by atoms with Gasteiger partial charge in [-0.2, -0.15) is 0 Å². The summed E-state index contributed by atoms with van der Waals surface area (Å²) in [6.07, 6.45) is 1.21. The molecule has 9 nitrogen and oxygen atoms in total. The number of halogens is 2. The van der Waals surface area contributed by atoms with Crippen LogP contribution in [0.25, 0.3) is 0 Å². The predicted molar refractivity (Wildman–Crippen MR) is 132 cm³/mol. The molecular weight excluding hydrogens is 503 g/mol. The molecule has 5 rings (SSSR count). The summed E-state index contributed by atoms with van der Waals surface area (Å²) in [6, 6.07) is 8.56. The van der Waals surface area contributed by atoms with Crippen molar-refractivity contribution < 1.29 is 28.3 Å². The highest BCUT2D eigenvalue weighted by molar-refractivity contribution is 6.30. The highest BCUT2D eigenvalue weighted by Gasteiger charge is 2.58. The van der Waals surface area contributed by atoms with Crippen LogP contribution in [0.5, 0.6) is 0 Å². The number of carbonyl (C=O) groups excluding carboxylic acids is 4. The van der Waals surface area contributed by atoms with Gasteiger partial charge in [-0.15, -0.1) is 0 Å². The summed E-state index contributed by atoms with van der Waals surface area (Å²) in [6.45, 7) is 1.44. The maximum absolute atomic E-state index is 13.7. The van der Waals surface area contributed by atoms with E-state index < -0.39 is 35.9 Å². The second-order valence-corrected chi connectivity index (χ2v) is 9.99. The van der Waals surface area contributed by atoms with Gasteiger partial charge in [0.2, 0.25) is 11.5 Å². The Bertz CT molecular complexity index is 1320. The lowest BCUT2D eigenvalue weighted by molar-refractivity contribution is -0.143. The molecule has 2 saturated heterocycles. The number of nitrogens with zero attached hydrogens (tertiary/aromatic N) is 2. The number of aryl methyl sites for hydroxylation is 1. The minimum Gasteiger partial charge on any atom is -0.427 e. The van der Waals surface area contributed by atoms with E-state index in [0.29, 0.717) is 36.1 Å². The fourth-order valence-electron chi connectivity index (χ4n) is 5.59. The zero-order chi connectivity index (χ0) is 26.5. The Labute approximate surface area is 217 Å². The number of hydrogen-bond acceptors (Lipinski definition) is 5. The van der Waals surface area contributed by atoms with E-state index in [9.17, 15) is 23.6 Å². The van der Waals surface area contributed by atoms with Crippen LogP contribution in [-0.4, -0.2) is 53.4 Å². The van der Waals surface area contributed by atoms with Crippen molar-refractivity contribution in [2.75, 3.05) is 18.9 Å². The molecule has 11 heteroatoms. The van der Waals surface area contributed by atoms with Crippen LogP contribution in [0.4, 0.5) is 19.7 Å². The number of benzene rings is 2. The molecule has 2 aliphatic heterocycles. The summed E-state index contributed by atoms with van der Waals surface area (Å²) < 4.78 is 19.3. The van der Waals surface area contributed by atoms with Gasteiger partial charge in [0.05, 0.1) is 11.1 Å². The molecule has 37 heavy (non-hydrogen) atoms. The van der Waals surface area contributed by atoms with Crippen molar-refractivity contribution in [3.05, 3.63) is 63.9 Å². The molecule has 3 atom stereocenters. The van der Waals surface area contributed by atoms with Crippen LogP contribution < -0.4 is 10.6 Å². The van der Waals surface area contributed by atoms with Crippen molar-refractivity contribution >= 4 is 41.2 Å². The highest BCUT2D eigenvalue weighted by atomic mass is 35.5. The first-order chi connectivity index (χ1) is 17.6. The van der Waals surface area contributed by atoms with E-state index in [4.69, 9.17) is 16.3 Å². The maximum atomic E-state index is 13.7. The van der Waals surface area contributed by atoms with E-state index >= 15 is 0 Å². The van der Waals surface area contributed by atoms with Crippen LogP contribution >= 0.6 is 11.6 Å². The summed E-state index contributed by atoms with van der Waals surface area (Å²) in [5.41, 5.74) is 1.09. The molecule has 3 aliphatic rings. The Morgan fingerprint density at radius 2 is 1.97 bits per heavy atom. The van der Waals surface area contributed by atoms with Gasteiger partial charge in [-0.05, 0) is 61.6 Å². The predicted octanol–water partition coefficient (Wildman–Crippen LogP) is 4.10. The maximum Gasteiger partial charge on any atom is 0.418 e. The van der Waals surface area contributed by atoms with Crippen LogP contribution in [0.1, 0.15) is 48.9 Å². The van der Waals surface area contributed by atoms with E-state index in [-0.39, 0.29) is 29.6 Å². The van der Waals surface area contributed by atoms with Crippen LogP contribution in [0.2, 0.25) is 5.02 Å². The third-order valence-electron chi connectivity index (χ3n) is 7.42. The quantitative estimate of drug-likeness (QED) is 0.621. The third kappa shape index (κ3) is 4.19. The Kier molecular flexibility index (Phi) is 6.31. The number of carbonyl (C=O) groups is 4. The highest BCUT2D eigenvalue weighted by Crippen LogP contribution is 2.46. The molecule has 1 aliphatic carbocycles. The summed E-state index contributed by atoms with van der Waals surface area (Å²) in [5, 5.41) is 5.12. The molecule has 2 aromatic rings. The molecule has 194 valence electrons. The van der Waals surface area contributed by atoms with Crippen LogP contribution in [-0.2, 0) is 26.3 Å². The second-order valence-electron chi connectivity index (χ2n) is 9.58. The molecule has 5 amide bonds.